The molecule has 1 N–H and O–H groups in total. The van der Waals surface area contributed by atoms with Gasteiger partial charge in [-0.1, -0.05) is 19.1 Å². The predicted molar refractivity (Wildman–Crippen MR) is 82.4 cm³/mol. The molecule has 0 saturated carbocycles. The van der Waals surface area contributed by atoms with Gasteiger partial charge in [0.05, 0.1) is 11.6 Å². The molecule has 1 heterocycles. The van der Waals surface area contributed by atoms with Gasteiger partial charge in [-0.3, -0.25) is 0 Å². The summed E-state index contributed by atoms with van der Waals surface area (Å²) in [4.78, 5) is 2.58. The summed E-state index contributed by atoms with van der Waals surface area (Å²) in [5.74, 6) is 0. The Morgan fingerprint density at radius 2 is 2.25 bits per heavy atom. The van der Waals surface area contributed by atoms with Gasteiger partial charge in [0.1, 0.15) is 0 Å². The molecule has 0 radical (unpaired) electrons. The lowest BCUT2D eigenvalue weighted by Crippen LogP contribution is -2.30. The summed E-state index contributed by atoms with van der Waals surface area (Å²) in [5.41, 5.74) is 1.96. The van der Waals surface area contributed by atoms with Gasteiger partial charge in [0.25, 0.3) is 0 Å². The Bertz CT molecular complexity index is 450. The molecule has 2 rings (SSSR count). The van der Waals surface area contributed by atoms with Gasteiger partial charge < -0.3 is 10.2 Å². The van der Waals surface area contributed by atoms with E-state index in [1.165, 1.54) is 50.9 Å². The lowest BCUT2D eigenvalue weighted by molar-refractivity contribution is 0.282. The van der Waals surface area contributed by atoms with E-state index in [9.17, 15) is 0 Å². The SMILES string of the molecule is CCCN1CCCC(NCc2cccc(C#N)c2)CC1. The molecule has 0 amide bonds. The molecule has 3 heteroatoms. The maximum absolute atomic E-state index is 8.92. The third kappa shape index (κ3) is 4.63. The van der Waals surface area contributed by atoms with E-state index in [0.29, 0.717) is 6.04 Å². The molecule has 1 aliphatic heterocycles. The molecule has 1 fully saturated rings. The first-order valence-corrected chi connectivity index (χ1v) is 7.76. The Balaban J connectivity index is 1.80. The Kier molecular flexibility index (Phi) is 6.04. The van der Waals surface area contributed by atoms with E-state index >= 15 is 0 Å². The van der Waals surface area contributed by atoms with Gasteiger partial charge in [0.2, 0.25) is 0 Å². The van der Waals surface area contributed by atoms with Crippen LogP contribution < -0.4 is 5.32 Å². The summed E-state index contributed by atoms with van der Waals surface area (Å²) in [7, 11) is 0. The molecule has 0 aliphatic carbocycles. The predicted octanol–water partition coefficient (Wildman–Crippen LogP) is 2.91. The highest BCUT2D eigenvalue weighted by atomic mass is 15.1. The fourth-order valence-corrected chi connectivity index (χ4v) is 2.91. The average molecular weight is 271 g/mol. The Morgan fingerprint density at radius 3 is 3.05 bits per heavy atom. The molecule has 1 unspecified atom stereocenters. The molecule has 20 heavy (non-hydrogen) atoms. The normalized spacial score (nSPS) is 20.3. The van der Waals surface area contributed by atoms with Crippen molar-refractivity contribution in [2.75, 3.05) is 19.6 Å². The number of nitrogens with one attached hydrogen (secondary N) is 1. The third-order valence-corrected chi connectivity index (χ3v) is 4.01. The molecule has 108 valence electrons. The number of hydrogen-bond donors (Lipinski definition) is 1. The average Bonchev–Trinajstić information content (AvgIpc) is 2.71. The van der Waals surface area contributed by atoms with Crippen molar-refractivity contribution in [2.45, 2.75) is 45.2 Å². The van der Waals surface area contributed by atoms with Crippen LogP contribution in [0.15, 0.2) is 24.3 Å². The summed E-state index contributed by atoms with van der Waals surface area (Å²) >= 11 is 0. The van der Waals surface area contributed by atoms with E-state index in [1.807, 2.05) is 18.2 Å². The first kappa shape index (κ1) is 15.0. The van der Waals surface area contributed by atoms with E-state index in [2.05, 4.69) is 29.3 Å². The smallest absolute Gasteiger partial charge is 0.0991 e. The minimum Gasteiger partial charge on any atom is -0.310 e. The zero-order chi connectivity index (χ0) is 14.2. The minimum absolute atomic E-state index is 0.614. The van der Waals surface area contributed by atoms with Crippen molar-refractivity contribution in [3.05, 3.63) is 35.4 Å². The number of nitrogens with zero attached hydrogens (tertiary/aromatic N) is 2. The number of nitriles is 1. The largest absolute Gasteiger partial charge is 0.310 e. The van der Waals surface area contributed by atoms with Crippen molar-refractivity contribution in [1.29, 1.82) is 5.26 Å². The van der Waals surface area contributed by atoms with E-state index in [4.69, 9.17) is 5.26 Å². The summed E-state index contributed by atoms with van der Waals surface area (Å²) in [5, 5.41) is 12.6. The molecule has 0 spiro atoms. The molecular formula is C17H25N3. The van der Waals surface area contributed by atoms with Crippen LogP contribution in [0.25, 0.3) is 0 Å². The molecule has 1 atom stereocenters. The van der Waals surface area contributed by atoms with Gasteiger partial charge in [-0.2, -0.15) is 5.26 Å². The van der Waals surface area contributed by atoms with Crippen LogP contribution in [0.4, 0.5) is 0 Å². The standard InChI is InChI=1S/C17H25N3/c1-2-9-20-10-4-7-17(8-11-20)19-14-16-6-3-5-15(12-16)13-18/h3,5-6,12,17,19H,2,4,7-11,14H2,1H3. The highest BCUT2D eigenvalue weighted by Crippen LogP contribution is 2.12. The Labute approximate surface area is 122 Å². The topological polar surface area (TPSA) is 39.1 Å². The highest BCUT2D eigenvalue weighted by Gasteiger charge is 2.15. The van der Waals surface area contributed by atoms with Crippen LogP contribution in [-0.4, -0.2) is 30.6 Å². The zero-order valence-electron chi connectivity index (χ0n) is 12.4. The fraction of sp³-hybridized carbons (Fsp3) is 0.588. The second kappa shape index (κ2) is 8.04. The fourth-order valence-electron chi connectivity index (χ4n) is 2.91. The molecule has 1 aliphatic rings. The molecule has 3 nitrogen and oxygen atoms in total. The second-order valence-corrected chi connectivity index (χ2v) is 5.66. The van der Waals surface area contributed by atoms with Crippen LogP contribution in [0.1, 0.15) is 43.7 Å². The number of benzene rings is 1. The third-order valence-electron chi connectivity index (χ3n) is 4.01. The van der Waals surface area contributed by atoms with Gasteiger partial charge in [0.15, 0.2) is 0 Å². The lowest BCUT2D eigenvalue weighted by atomic mass is 10.1. The first-order valence-electron chi connectivity index (χ1n) is 7.76. The van der Waals surface area contributed by atoms with Crippen molar-refractivity contribution >= 4 is 0 Å². The van der Waals surface area contributed by atoms with Gasteiger partial charge >= 0.3 is 0 Å². The van der Waals surface area contributed by atoms with E-state index in [0.717, 1.165) is 12.1 Å². The Hall–Kier alpha value is -1.37. The second-order valence-electron chi connectivity index (χ2n) is 5.66. The Morgan fingerprint density at radius 1 is 1.35 bits per heavy atom. The quantitative estimate of drug-likeness (QED) is 0.895. The van der Waals surface area contributed by atoms with Crippen molar-refractivity contribution in [3.63, 3.8) is 0 Å². The summed E-state index contributed by atoms with van der Waals surface area (Å²) in [6.45, 7) is 6.81. The first-order chi connectivity index (χ1) is 9.81. The van der Waals surface area contributed by atoms with Crippen molar-refractivity contribution < 1.29 is 0 Å². The summed E-state index contributed by atoms with van der Waals surface area (Å²) in [6.07, 6.45) is 5.03. The summed E-state index contributed by atoms with van der Waals surface area (Å²) in [6, 6.07) is 10.7. The molecule has 1 saturated heterocycles. The number of likely N-dealkylation sites (tertiary alicyclic amines) is 1. The monoisotopic (exact) mass is 271 g/mol. The van der Waals surface area contributed by atoms with Gasteiger partial charge in [-0.05, 0) is 63.0 Å². The van der Waals surface area contributed by atoms with Crippen molar-refractivity contribution in [3.8, 4) is 6.07 Å². The van der Waals surface area contributed by atoms with Crippen LogP contribution in [0, 0.1) is 11.3 Å². The van der Waals surface area contributed by atoms with Gasteiger partial charge in [0, 0.05) is 12.6 Å². The van der Waals surface area contributed by atoms with Gasteiger partial charge in [-0.15, -0.1) is 0 Å². The minimum atomic E-state index is 0.614. The molecule has 0 bridgehead atoms. The molecule has 1 aromatic carbocycles. The molecular weight excluding hydrogens is 246 g/mol. The van der Waals surface area contributed by atoms with Crippen molar-refractivity contribution in [1.82, 2.24) is 10.2 Å². The molecule has 0 aromatic heterocycles. The van der Waals surface area contributed by atoms with Crippen LogP contribution in [-0.2, 0) is 6.54 Å². The summed E-state index contributed by atoms with van der Waals surface area (Å²) < 4.78 is 0. The van der Waals surface area contributed by atoms with E-state index in [-0.39, 0.29) is 0 Å². The van der Waals surface area contributed by atoms with Crippen LogP contribution in [0.5, 0.6) is 0 Å². The number of hydrogen-bond acceptors (Lipinski definition) is 3. The van der Waals surface area contributed by atoms with E-state index < -0.39 is 0 Å². The van der Waals surface area contributed by atoms with Gasteiger partial charge in [-0.25, -0.2) is 0 Å². The van der Waals surface area contributed by atoms with Crippen LogP contribution >= 0.6 is 0 Å². The van der Waals surface area contributed by atoms with Crippen LogP contribution in [0.2, 0.25) is 0 Å². The van der Waals surface area contributed by atoms with E-state index in [1.54, 1.807) is 0 Å². The van der Waals surface area contributed by atoms with Crippen LogP contribution in [0.3, 0.4) is 0 Å². The number of rotatable bonds is 5. The highest BCUT2D eigenvalue weighted by molar-refractivity contribution is 5.32. The maximum atomic E-state index is 8.92. The lowest BCUT2D eigenvalue weighted by Gasteiger charge is -2.19. The van der Waals surface area contributed by atoms with Crippen molar-refractivity contribution in [2.24, 2.45) is 0 Å². The maximum Gasteiger partial charge on any atom is 0.0991 e. The molecule has 1 aromatic rings. The zero-order valence-corrected chi connectivity index (χ0v) is 12.4.